The predicted octanol–water partition coefficient (Wildman–Crippen LogP) is 3.82. The Labute approximate surface area is 135 Å². The molecule has 0 radical (unpaired) electrons. The fourth-order valence-corrected chi connectivity index (χ4v) is 3.15. The van der Waals surface area contributed by atoms with Crippen LogP contribution < -0.4 is 5.32 Å². The van der Waals surface area contributed by atoms with E-state index in [1.807, 2.05) is 36.4 Å². The van der Waals surface area contributed by atoms with E-state index in [-0.39, 0.29) is 11.1 Å². The Morgan fingerprint density at radius 3 is 2.83 bits per heavy atom. The first-order chi connectivity index (χ1) is 11.2. The van der Waals surface area contributed by atoms with Gasteiger partial charge in [0.15, 0.2) is 0 Å². The fourth-order valence-electron chi connectivity index (χ4n) is 2.47. The van der Waals surface area contributed by atoms with Crippen LogP contribution >= 0.6 is 11.8 Å². The second-order valence-electron chi connectivity index (χ2n) is 4.96. The van der Waals surface area contributed by atoms with Crippen LogP contribution in [-0.4, -0.2) is 16.1 Å². The van der Waals surface area contributed by atoms with Crippen molar-refractivity contribution in [1.29, 1.82) is 0 Å². The van der Waals surface area contributed by atoms with Crippen molar-refractivity contribution in [3.63, 3.8) is 0 Å². The number of pyridine rings is 1. The van der Waals surface area contributed by atoms with Gasteiger partial charge in [-0.3, -0.25) is 19.9 Å². The molecule has 0 spiro atoms. The Hall–Kier alpha value is -2.86. The molecule has 1 N–H and O–H groups in total. The highest BCUT2D eigenvalue weighted by Crippen LogP contribution is 2.30. The van der Waals surface area contributed by atoms with Gasteiger partial charge in [0.25, 0.3) is 11.1 Å². The van der Waals surface area contributed by atoms with Crippen LogP contribution in [0.1, 0.15) is 5.56 Å². The molecule has 5 nitrogen and oxygen atoms in total. The first kappa shape index (κ1) is 13.8. The van der Waals surface area contributed by atoms with Gasteiger partial charge in [0.1, 0.15) is 5.76 Å². The summed E-state index contributed by atoms with van der Waals surface area (Å²) in [6, 6.07) is 11.3. The van der Waals surface area contributed by atoms with Gasteiger partial charge in [0.05, 0.1) is 16.7 Å². The number of imide groups is 1. The van der Waals surface area contributed by atoms with Crippen LogP contribution in [-0.2, 0) is 4.79 Å². The summed E-state index contributed by atoms with van der Waals surface area (Å²) in [7, 11) is 0. The molecule has 1 saturated heterocycles. The smallest absolute Gasteiger partial charge is 0.290 e. The molecule has 1 fully saturated rings. The minimum Gasteiger partial charge on any atom is -0.464 e. The Bertz CT molecular complexity index is 961. The number of thioether (sulfide) groups is 1. The average Bonchev–Trinajstić information content (AvgIpc) is 3.17. The molecule has 1 aliphatic rings. The van der Waals surface area contributed by atoms with E-state index in [2.05, 4.69) is 10.3 Å². The van der Waals surface area contributed by atoms with Crippen LogP contribution in [0.4, 0.5) is 4.79 Å². The molecule has 3 heterocycles. The lowest BCUT2D eigenvalue weighted by molar-refractivity contribution is -0.115. The van der Waals surface area contributed by atoms with Crippen LogP contribution in [0, 0.1) is 0 Å². The SMILES string of the molecule is O=C1NC(=O)C(=Cc2ccc3nccc(-c4ccco4)c3c2)S1. The van der Waals surface area contributed by atoms with Gasteiger partial charge < -0.3 is 4.42 Å². The zero-order valence-electron chi connectivity index (χ0n) is 11.8. The summed E-state index contributed by atoms with van der Waals surface area (Å²) in [6.45, 7) is 0. The second-order valence-corrected chi connectivity index (χ2v) is 5.98. The third kappa shape index (κ3) is 2.53. The van der Waals surface area contributed by atoms with Gasteiger partial charge in [-0.15, -0.1) is 0 Å². The van der Waals surface area contributed by atoms with Gasteiger partial charge >= 0.3 is 0 Å². The monoisotopic (exact) mass is 322 g/mol. The lowest BCUT2D eigenvalue weighted by atomic mass is 10.0. The maximum absolute atomic E-state index is 11.7. The number of aromatic nitrogens is 1. The number of fused-ring (bicyclic) bond motifs is 1. The summed E-state index contributed by atoms with van der Waals surface area (Å²) in [5.41, 5.74) is 2.59. The molecule has 1 aliphatic heterocycles. The van der Waals surface area contributed by atoms with Crippen molar-refractivity contribution >= 4 is 39.9 Å². The van der Waals surface area contributed by atoms with Gasteiger partial charge in [-0.2, -0.15) is 0 Å². The predicted molar refractivity (Wildman–Crippen MR) is 88.6 cm³/mol. The molecular formula is C17H10N2O3S. The van der Waals surface area contributed by atoms with E-state index in [1.165, 1.54) is 0 Å². The molecule has 23 heavy (non-hydrogen) atoms. The number of nitrogens with zero attached hydrogens (tertiary/aromatic N) is 1. The third-order valence-corrected chi connectivity index (χ3v) is 4.30. The molecule has 3 aromatic rings. The van der Waals surface area contributed by atoms with E-state index in [0.29, 0.717) is 4.91 Å². The highest BCUT2D eigenvalue weighted by Gasteiger charge is 2.24. The second kappa shape index (κ2) is 5.40. The molecule has 0 saturated carbocycles. The van der Waals surface area contributed by atoms with Crippen molar-refractivity contribution in [3.05, 3.63) is 59.3 Å². The molecular weight excluding hydrogens is 312 g/mol. The topological polar surface area (TPSA) is 72.2 Å². The Balaban J connectivity index is 1.84. The van der Waals surface area contributed by atoms with E-state index < -0.39 is 0 Å². The summed E-state index contributed by atoms with van der Waals surface area (Å²) in [5, 5.41) is 2.82. The van der Waals surface area contributed by atoms with Crippen molar-refractivity contribution in [1.82, 2.24) is 10.3 Å². The minimum absolute atomic E-state index is 0.347. The van der Waals surface area contributed by atoms with Crippen LogP contribution in [0.5, 0.6) is 0 Å². The molecule has 6 heteroatoms. The van der Waals surface area contributed by atoms with Gasteiger partial charge in [-0.25, -0.2) is 0 Å². The number of benzene rings is 1. The Morgan fingerprint density at radius 1 is 1.17 bits per heavy atom. The Morgan fingerprint density at radius 2 is 2.09 bits per heavy atom. The molecule has 112 valence electrons. The lowest BCUT2D eigenvalue weighted by Gasteiger charge is -2.05. The molecule has 2 aromatic heterocycles. The molecule has 0 aliphatic carbocycles. The van der Waals surface area contributed by atoms with E-state index in [1.54, 1.807) is 18.5 Å². The highest BCUT2D eigenvalue weighted by molar-refractivity contribution is 8.18. The summed E-state index contributed by atoms with van der Waals surface area (Å²) in [6.07, 6.45) is 5.05. The largest absolute Gasteiger partial charge is 0.464 e. The molecule has 1 aromatic carbocycles. The molecule has 2 amide bonds. The molecule has 0 atom stereocenters. The first-order valence-electron chi connectivity index (χ1n) is 6.88. The molecule has 0 bridgehead atoms. The Kier molecular flexibility index (Phi) is 3.24. The number of furan rings is 1. The fraction of sp³-hybridized carbons (Fsp3) is 0. The van der Waals surface area contributed by atoms with E-state index >= 15 is 0 Å². The number of carbonyl (C=O) groups excluding carboxylic acids is 2. The lowest BCUT2D eigenvalue weighted by Crippen LogP contribution is -2.17. The van der Waals surface area contributed by atoms with Crippen molar-refractivity contribution in [2.45, 2.75) is 0 Å². The van der Waals surface area contributed by atoms with Crippen LogP contribution in [0.25, 0.3) is 28.3 Å². The van der Waals surface area contributed by atoms with Gasteiger partial charge in [0.2, 0.25) is 0 Å². The molecule has 0 unspecified atom stereocenters. The van der Waals surface area contributed by atoms with E-state index in [9.17, 15) is 9.59 Å². The van der Waals surface area contributed by atoms with Crippen molar-refractivity contribution < 1.29 is 14.0 Å². The zero-order valence-corrected chi connectivity index (χ0v) is 12.6. The highest BCUT2D eigenvalue weighted by atomic mass is 32.2. The van der Waals surface area contributed by atoms with E-state index in [0.717, 1.165) is 39.6 Å². The number of amides is 2. The maximum atomic E-state index is 11.7. The zero-order chi connectivity index (χ0) is 15.8. The first-order valence-corrected chi connectivity index (χ1v) is 7.70. The number of hydrogen-bond acceptors (Lipinski definition) is 5. The average molecular weight is 322 g/mol. The normalized spacial score (nSPS) is 16.3. The van der Waals surface area contributed by atoms with Gasteiger partial charge in [-0.1, -0.05) is 6.07 Å². The van der Waals surface area contributed by atoms with Gasteiger partial charge in [-0.05, 0) is 53.7 Å². The number of carbonyl (C=O) groups is 2. The number of rotatable bonds is 2. The summed E-state index contributed by atoms with van der Waals surface area (Å²) in [5.74, 6) is 0.392. The molecule has 4 rings (SSSR count). The maximum Gasteiger partial charge on any atom is 0.290 e. The quantitative estimate of drug-likeness (QED) is 0.726. The van der Waals surface area contributed by atoms with Crippen LogP contribution in [0.15, 0.2) is 58.2 Å². The van der Waals surface area contributed by atoms with Crippen molar-refractivity contribution in [3.8, 4) is 11.3 Å². The van der Waals surface area contributed by atoms with Crippen LogP contribution in [0.2, 0.25) is 0 Å². The summed E-state index contributed by atoms with van der Waals surface area (Å²) >= 11 is 0.903. The van der Waals surface area contributed by atoms with E-state index in [4.69, 9.17) is 4.42 Å². The summed E-state index contributed by atoms with van der Waals surface area (Å²) in [4.78, 5) is 27.6. The van der Waals surface area contributed by atoms with Gasteiger partial charge in [0, 0.05) is 17.1 Å². The summed E-state index contributed by atoms with van der Waals surface area (Å²) < 4.78 is 5.48. The van der Waals surface area contributed by atoms with Crippen molar-refractivity contribution in [2.24, 2.45) is 0 Å². The van der Waals surface area contributed by atoms with Crippen molar-refractivity contribution in [2.75, 3.05) is 0 Å². The number of hydrogen-bond donors (Lipinski definition) is 1. The third-order valence-electron chi connectivity index (χ3n) is 3.49. The number of nitrogens with one attached hydrogen (secondary N) is 1. The van der Waals surface area contributed by atoms with Crippen LogP contribution in [0.3, 0.4) is 0 Å². The minimum atomic E-state index is -0.363. The standard InChI is InChI=1S/C17H10N2O3S/c20-16-15(23-17(21)19-16)9-10-3-4-13-12(8-10)11(5-6-18-13)14-2-1-7-22-14/h1-9H,(H,19,20,21).